The first kappa shape index (κ1) is 15.9. The first-order chi connectivity index (χ1) is 7.25. The van der Waals surface area contributed by atoms with Crippen LogP contribution < -0.4 is 5.48 Å². The van der Waals surface area contributed by atoms with Gasteiger partial charge in [0.2, 0.25) is 3.79 Å². The van der Waals surface area contributed by atoms with Crippen molar-refractivity contribution in [2.24, 2.45) is 5.92 Å². The van der Waals surface area contributed by atoms with E-state index < -0.39 is 27.5 Å². The molecule has 0 spiro atoms. The molecule has 2 N–H and O–H groups in total. The van der Waals surface area contributed by atoms with Crippen LogP contribution in [-0.4, -0.2) is 33.4 Å². The normalized spacial score (nSPS) is 15.4. The SMILES string of the molecule is CCOC(=O)[C@H](C(C)=O)[C@H](NO)C(Cl)(Cl)Cl. The number of hydrogen-bond donors (Lipinski definition) is 2. The molecule has 0 rings (SSSR count). The highest BCUT2D eigenvalue weighted by Gasteiger charge is 2.45. The second-order valence-corrected chi connectivity index (χ2v) is 5.36. The molecule has 0 aliphatic rings. The standard InChI is InChI=1S/C8H12Cl3NO4/c1-3-16-7(14)5(4(2)13)6(12-15)8(9,10)11/h5-6,12,15H,3H2,1-2H3/t5-,6+/m1/s1. The molecule has 8 heteroatoms. The van der Waals surface area contributed by atoms with Gasteiger partial charge in [0.25, 0.3) is 0 Å². The van der Waals surface area contributed by atoms with Crippen LogP contribution in [0.5, 0.6) is 0 Å². The van der Waals surface area contributed by atoms with Gasteiger partial charge in [-0.15, -0.1) is 0 Å². The Labute approximate surface area is 108 Å². The molecule has 0 aromatic heterocycles. The number of hydroxylamine groups is 1. The van der Waals surface area contributed by atoms with Crippen LogP contribution in [0.2, 0.25) is 0 Å². The van der Waals surface area contributed by atoms with E-state index in [-0.39, 0.29) is 6.61 Å². The molecule has 2 atom stereocenters. The van der Waals surface area contributed by atoms with Crippen molar-refractivity contribution in [2.45, 2.75) is 23.7 Å². The van der Waals surface area contributed by atoms with Crippen LogP contribution in [0.4, 0.5) is 0 Å². The van der Waals surface area contributed by atoms with Gasteiger partial charge in [0, 0.05) is 0 Å². The van der Waals surface area contributed by atoms with Crippen molar-refractivity contribution >= 4 is 46.6 Å². The van der Waals surface area contributed by atoms with Crippen molar-refractivity contribution in [1.29, 1.82) is 0 Å². The number of ether oxygens (including phenoxy) is 1. The van der Waals surface area contributed by atoms with E-state index in [0.717, 1.165) is 6.92 Å². The third kappa shape index (κ3) is 4.43. The number of rotatable bonds is 5. The summed E-state index contributed by atoms with van der Waals surface area (Å²) in [6, 6.07) is -1.37. The van der Waals surface area contributed by atoms with Crippen molar-refractivity contribution in [2.75, 3.05) is 6.61 Å². The molecule has 0 aliphatic carbocycles. The number of carbonyl (C=O) groups excluding carboxylic acids is 2. The van der Waals surface area contributed by atoms with E-state index in [0.29, 0.717) is 0 Å². The lowest BCUT2D eigenvalue weighted by molar-refractivity contribution is -0.153. The largest absolute Gasteiger partial charge is 0.465 e. The summed E-state index contributed by atoms with van der Waals surface area (Å²) < 4.78 is 2.64. The zero-order valence-electron chi connectivity index (χ0n) is 8.67. The van der Waals surface area contributed by atoms with E-state index in [1.165, 1.54) is 0 Å². The molecule has 16 heavy (non-hydrogen) atoms. The fourth-order valence-corrected chi connectivity index (χ4v) is 1.63. The van der Waals surface area contributed by atoms with E-state index in [2.05, 4.69) is 4.74 Å². The fraction of sp³-hybridized carbons (Fsp3) is 0.750. The Bertz CT molecular complexity index is 266. The van der Waals surface area contributed by atoms with E-state index in [9.17, 15) is 9.59 Å². The second-order valence-electron chi connectivity index (χ2n) is 2.99. The second kappa shape index (κ2) is 6.61. The van der Waals surface area contributed by atoms with Crippen LogP contribution in [0.3, 0.4) is 0 Å². The van der Waals surface area contributed by atoms with Gasteiger partial charge in [-0.2, -0.15) is 5.48 Å². The van der Waals surface area contributed by atoms with Crippen molar-refractivity contribution in [3.05, 3.63) is 0 Å². The van der Waals surface area contributed by atoms with Crippen molar-refractivity contribution in [1.82, 2.24) is 5.48 Å². The van der Waals surface area contributed by atoms with Gasteiger partial charge in [0.1, 0.15) is 11.7 Å². The highest BCUT2D eigenvalue weighted by atomic mass is 35.6. The third-order valence-corrected chi connectivity index (χ3v) is 2.51. The molecular weight excluding hydrogens is 280 g/mol. The summed E-state index contributed by atoms with van der Waals surface area (Å²) in [5, 5.41) is 8.83. The van der Waals surface area contributed by atoms with Gasteiger partial charge in [-0.25, -0.2) is 0 Å². The average Bonchev–Trinajstić information content (AvgIpc) is 2.11. The summed E-state index contributed by atoms with van der Waals surface area (Å²) in [6.07, 6.45) is 0. The number of halogens is 3. The number of ketones is 1. The van der Waals surface area contributed by atoms with Crippen molar-refractivity contribution in [3.8, 4) is 0 Å². The molecule has 0 aromatic rings. The molecule has 0 fully saturated rings. The predicted octanol–water partition coefficient (Wildman–Crippen LogP) is 1.47. The Hall–Kier alpha value is -0.0700. The molecule has 0 saturated carbocycles. The summed E-state index contributed by atoms with van der Waals surface area (Å²) in [6.45, 7) is 2.80. The van der Waals surface area contributed by atoms with Gasteiger partial charge in [0.15, 0.2) is 0 Å². The zero-order chi connectivity index (χ0) is 12.9. The van der Waals surface area contributed by atoms with E-state index in [1.54, 1.807) is 12.4 Å². The maximum Gasteiger partial charge on any atom is 0.318 e. The van der Waals surface area contributed by atoms with E-state index in [4.69, 9.17) is 40.0 Å². The number of carbonyl (C=O) groups is 2. The van der Waals surface area contributed by atoms with Gasteiger partial charge < -0.3 is 9.94 Å². The monoisotopic (exact) mass is 291 g/mol. The van der Waals surface area contributed by atoms with Gasteiger partial charge in [-0.1, -0.05) is 34.8 Å². The first-order valence-electron chi connectivity index (χ1n) is 4.39. The van der Waals surface area contributed by atoms with Crippen LogP contribution in [0.25, 0.3) is 0 Å². The Morgan fingerprint density at radius 2 is 1.94 bits per heavy atom. The smallest absolute Gasteiger partial charge is 0.318 e. The summed E-state index contributed by atoms with van der Waals surface area (Å²) in [4.78, 5) is 22.7. The number of nitrogens with one attached hydrogen (secondary N) is 1. The molecule has 0 aliphatic heterocycles. The summed E-state index contributed by atoms with van der Waals surface area (Å²) in [7, 11) is 0. The Morgan fingerprint density at radius 1 is 1.44 bits per heavy atom. The predicted molar refractivity (Wildman–Crippen MR) is 59.8 cm³/mol. The number of esters is 1. The molecule has 0 bridgehead atoms. The Balaban J connectivity index is 5.02. The maximum absolute atomic E-state index is 11.5. The number of alkyl halides is 3. The van der Waals surface area contributed by atoms with Gasteiger partial charge in [-0.05, 0) is 13.8 Å². The summed E-state index contributed by atoms with van der Waals surface area (Å²) in [5.74, 6) is -2.80. The third-order valence-electron chi connectivity index (χ3n) is 1.80. The van der Waals surface area contributed by atoms with Crippen LogP contribution in [0.15, 0.2) is 0 Å². The quantitative estimate of drug-likeness (QED) is 0.347. The van der Waals surface area contributed by atoms with Crippen LogP contribution in [0.1, 0.15) is 13.8 Å². The van der Waals surface area contributed by atoms with Crippen molar-refractivity contribution in [3.63, 3.8) is 0 Å². The molecule has 5 nitrogen and oxygen atoms in total. The molecule has 0 unspecified atom stereocenters. The van der Waals surface area contributed by atoms with E-state index in [1.807, 2.05) is 0 Å². The van der Waals surface area contributed by atoms with Crippen molar-refractivity contribution < 1.29 is 19.5 Å². The van der Waals surface area contributed by atoms with Crippen LogP contribution >= 0.6 is 34.8 Å². The zero-order valence-corrected chi connectivity index (χ0v) is 10.9. The molecule has 94 valence electrons. The Kier molecular flexibility index (Phi) is 6.58. The summed E-state index contributed by atoms with van der Waals surface area (Å²) >= 11 is 16.6. The lowest BCUT2D eigenvalue weighted by Crippen LogP contribution is -2.50. The van der Waals surface area contributed by atoms with Crippen LogP contribution in [-0.2, 0) is 14.3 Å². The van der Waals surface area contributed by atoms with Gasteiger partial charge in [-0.3, -0.25) is 9.59 Å². The number of hydrogen-bond acceptors (Lipinski definition) is 5. The summed E-state index contributed by atoms with van der Waals surface area (Å²) in [5.41, 5.74) is 1.65. The van der Waals surface area contributed by atoms with Crippen LogP contribution in [0, 0.1) is 5.92 Å². The molecule has 0 amide bonds. The first-order valence-corrected chi connectivity index (χ1v) is 5.52. The fourth-order valence-electron chi connectivity index (χ4n) is 1.11. The Morgan fingerprint density at radius 3 is 2.19 bits per heavy atom. The molecule has 0 radical (unpaired) electrons. The maximum atomic E-state index is 11.5. The minimum atomic E-state index is -2.02. The minimum absolute atomic E-state index is 0.0839. The molecule has 0 saturated heterocycles. The van der Waals surface area contributed by atoms with Gasteiger partial charge >= 0.3 is 5.97 Å². The highest BCUT2D eigenvalue weighted by molar-refractivity contribution is 6.68. The molecule has 0 aromatic carbocycles. The number of Topliss-reactive ketones (excluding diaryl/α,β-unsaturated/α-hetero) is 1. The van der Waals surface area contributed by atoms with E-state index >= 15 is 0 Å². The lowest BCUT2D eigenvalue weighted by Gasteiger charge is -2.27. The molecular formula is C8H12Cl3NO4. The molecule has 0 heterocycles. The highest BCUT2D eigenvalue weighted by Crippen LogP contribution is 2.34. The average molecular weight is 293 g/mol. The van der Waals surface area contributed by atoms with Gasteiger partial charge in [0.05, 0.1) is 12.6 Å². The lowest BCUT2D eigenvalue weighted by atomic mass is 9.97. The topological polar surface area (TPSA) is 75.6 Å². The minimum Gasteiger partial charge on any atom is -0.465 e.